The number of hydrogen-bond acceptors (Lipinski definition) is 7. The first kappa shape index (κ1) is 15.8. The zero-order valence-electron chi connectivity index (χ0n) is 11.3. The number of rotatable bonds is 5. The van der Waals surface area contributed by atoms with Gasteiger partial charge in [-0.05, 0) is 20.1 Å². The van der Waals surface area contributed by atoms with Gasteiger partial charge in [0.15, 0.2) is 5.16 Å². The number of anilines is 1. The highest BCUT2D eigenvalue weighted by molar-refractivity contribution is 8.00. The monoisotopic (exact) mass is 299 g/mol. The average molecular weight is 299 g/mol. The second kappa shape index (κ2) is 7.40. The molecule has 104 valence electrons. The molecule has 0 aliphatic carbocycles. The Labute approximate surface area is 121 Å². The van der Waals surface area contributed by atoms with Gasteiger partial charge in [0.2, 0.25) is 0 Å². The molecular weight excluding hydrogens is 282 g/mol. The van der Waals surface area contributed by atoms with Gasteiger partial charge in [0.25, 0.3) is 0 Å². The Morgan fingerprint density at radius 2 is 2.21 bits per heavy atom. The van der Waals surface area contributed by atoms with Crippen LogP contribution in [-0.2, 0) is 9.53 Å². The quantitative estimate of drug-likeness (QED) is 0.294. The van der Waals surface area contributed by atoms with Gasteiger partial charge in [0, 0.05) is 17.4 Å². The molecule has 19 heavy (non-hydrogen) atoms. The lowest BCUT2D eigenvalue weighted by atomic mass is 10.2. The molecule has 0 bridgehead atoms. The van der Waals surface area contributed by atoms with Crippen molar-refractivity contribution in [3.63, 3.8) is 0 Å². The number of esters is 1. The minimum atomic E-state index is -0.358. The maximum absolute atomic E-state index is 11.2. The van der Waals surface area contributed by atoms with Gasteiger partial charge in [0.05, 0.1) is 7.11 Å². The van der Waals surface area contributed by atoms with Crippen molar-refractivity contribution in [1.82, 2.24) is 9.97 Å². The molecule has 0 aromatic carbocycles. The highest BCUT2D eigenvalue weighted by Gasteiger charge is 2.12. The number of aromatic nitrogens is 2. The summed E-state index contributed by atoms with van der Waals surface area (Å²) in [5.41, 5.74) is 6.62. The van der Waals surface area contributed by atoms with Gasteiger partial charge in [-0.15, -0.1) is 11.8 Å². The number of carbonyl (C=O) groups is 1. The number of hydrogen-bond donors (Lipinski definition) is 1. The van der Waals surface area contributed by atoms with Crippen molar-refractivity contribution >= 4 is 35.3 Å². The topological polar surface area (TPSA) is 78.1 Å². The van der Waals surface area contributed by atoms with E-state index in [1.165, 1.54) is 36.7 Å². The summed E-state index contributed by atoms with van der Waals surface area (Å²) >= 11 is 2.97. The Morgan fingerprint density at radius 1 is 1.53 bits per heavy atom. The Balaban J connectivity index is 2.81. The molecule has 0 amide bonds. The summed E-state index contributed by atoms with van der Waals surface area (Å²) in [6, 6.07) is 1.73. The zero-order valence-corrected chi connectivity index (χ0v) is 13.0. The summed E-state index contributed by atoms with van der Waals surface area (Å²) in [6.07, 6.45) is 3.40. The van der Waals surface area contributed by atoms with E-state index in [2.05, 4.69) is 14.7 Å². The maximum Gasteiger partial charge on any atom is 0.330 e. The Bertz CT molecular complexity index is 492. The molecule has 5 nitrogen and oxygen atoms in total. The second-order valence-corrected chi connectivity index (χ2v) is 5.92. The standard InChI is InChI=1S/C12H17N3O2S2/c1-7(5-11(16)17-3)8(2)19-12-14-9(13)6-10(15-12)18-4/h5-6,8H,1-4H3,(H2,13,14,15). The van der Waals surface area contributed by atoms with Crippen molar-refractivity contribution in [2.45, 2.75) is 29.3 Å². The van der Waals surface area contributed by atoms with Crippen molar-refractivity contribution in [3.8, 4) is 0 Å². The van der Waals surface area contributed by atoms with Gasteiger partial charge < -0.3 is 10.5 Å². The number of nitrogen functional groups attached to an aromatic ring is 1. The summed E-state index contributed by atoms with van der Waals surface area (Å²) in [4.78, 5) is 19.7. The minimum Gasteiger partial charge on any atom is -0.466 e. The zero-order chi connectivity index (χ0) is 14.4. The first-order valence-corrected chi connectivity index (χ1v) is 7.68. The minimum absolute atomic E-state index is 0.0654. The van der Waals surface area contributed by atoms with Crippen LogP contribution in [0.5, 0.6) is 0 Å². The third kappa shape index (κ3) is 5.12. The van der Waals surface area contributed by atoms with E-state index in [0.29, 0.717) is 11.0 Å². The van der Waals surface area contributed by atoms with Crippen LogP contribution in [0, 0.1) is 0 Å². The van der Waals surface area contributed by atoms with Crippen LogP contribution in [0.2, 0.25) is 0 Å². The van der Waals surface area contributed by atoms with Crippen LogP contribution in [0.4, 0.5) is 5.82 Å². The molecular formula is C12H17N3O2S2. The van der Waals surface area contributed by atoms with E-state index in [-0.39, 0.29) is 11.2 Å². The largest absolute Gasteiger partial charge is 0.466 e. The Hall–Kier alpha value is -1.21. The smallest absolute Gasteiger partial charge is 0.330 e. The lowest BCUT2D eigenvalue weighted by Crippen LogP contribution is -2.05. The molecule has 0 spiro atoms. The molecule has 0 saturated carbocycles. The summed E-state index contributed by atoms with van der Waals surface area (Å²) in [5, 5.41) is 1.50. The summed E-state index contributed by atoms with van der Waals surface area (Å²) in [7, 11) is 1.36. The molecule has 1 rings (SSSR count). The van der Waals surface area contributed by atoms with Crippen molar-refractivity contribution < 1.29 is 9.53 Å². The maximum atomic E-state index is 11.2. The number of nitrogens with two attached hydrogens (primary N) is 1. The van der Waals surface area contributed by atoms with Crippen LogP contribution >= 0.6 is 23.5 Å². The molecule has 0 saturated heterocycles. The van der Waals surface area contributed by atoms with Gasteiger partial charge >= 0.3 is 5.97 Å². The fraction of sp³-hybridized carbons (Fsp3) is 0.417. The fourth-order valence-electron chi connectivity index (χ4n) is 1.19. The van der Waals surface area contributed by atoms with Crippen LogP contribution in [0.3, 0.4) is 0 Å². The molecule has 0 radical (unpaired) electrons. The first-order chi connectivity index (χ1) is 8.96. The normalized spacial score (nSPS) is 13.2. The SMILES string of the molecule is COC(=O)C=C(C)C(C)Sc1nc(N)cc(SC)n1. The number of carbonyl (C=O) groups excluding carboxylic acids is 1. The molecule has 1 heterocycles. The molecule has 1 unspecified atom stereocenters. The Morgan fingerprint density at radius 3 is 2.79 bits per heavy atom. The van der Waals surface area contributed by atoms with Crippen LogP contribution in [0.25, 0.3) is 0 Å². The van der Waals surface area contributed by atoms with Crippen LogP contribution in [-0.4, -0.2) is 34.6 Å². The highest BCUT2D eigenvalue weighted by atomic mass is 32.2. The van der Waals surface area contributed by atoms with Crippen LogP contribution < -0.4 is 5.73 Å². The van der Waals surface area contributed by atoms with Gasteiger partial charge in [0.1, 0.15) is 10.8 Å². The summed E-state index contributed by atoms with van der Waals surface area (Å²) in [6.45, 7) is 3.85. The average Bonchev–Trinajstić information content (AvgIpc) is 2.37. The lowest BCUT2D eigenvalue weighted by molar-refractivity contribution is -0.134. The van der Waals surface area contributed by atoms with Gasteiger partial charge in [-0.1, -0.05) is 17.3 Å². The van der Waals surface area contributed by atoms with E-state index in [1.807, 2.05) is 20.1 Å². The van der Waals surface area contributed by atoms with Gasteiger partial charge in [-0.2, -0.15) is 0 Å². The number of ether oxygens (including phenoxy) is 1. The van der Waals surface area contributed by atoms with Crippen molar-refractivity contribution in [2.75, 3.05) is 19.1 Å². The van der Waals surface area contributed by atoms with E-state index in [1.54, 1.807) is 6.07 Å². The van der Waals surface area contributed by atoms with E-state index in [4.69, 9.17) is 5.73 Å². The lowest BCUT2D eigenvalue weighted by Gasteiger charge is -2.11. The van der Waals surface area contributed by atoms with E-state index >= 15 is 0 Å². The van der Waals surface area contributed by atoms with Gasteiger partial charge in [-0.25, -0.2) is 14.8 Å². The third-order valence-electron chi connectivity index (χ3n) is 2.38. The molecule has 0 fully saturated rings. The summed E-state index contributed by atoms with van der Waals surface area (Å²) in [5.74, 6) is 0.0897. The van der Waals surface area contributed by atoms with E-state index in [9.17, 15) is 4.79 Å². The summed E-state index contributed by atoms with van der Waals surface area (Å²) < 4.78 is 4.60. The number of methoxy groups -OCH3 is 1. The van der Waals surface area contributed by atoms with E-state index < -0.39 is 0 Å². The predicted octanol–water partition coefficient (Wildman–Crippen LogP) is 2.38. The molecule has 1 aromatic rings. The molecule has 1 aromatic heterocycles. The van der Waals surface area contributed by atoms with Crippen molar-refractivity contribution in [3.05, 3.63) is 17.7 Å². The second-order valence-electron chi connectivity index (χ2n) is 3.79. The predicted molar refractivity (Wildman–Crippen MR) is 79.3 cm³/mol. The first-order valence-electron chi connectivity index (χ1n) is 5.57. The molecule has 7 heteroatoms. The van der Waals surface area contributed by atoms with E-state index in [0.717, 1.165) is 10.6 Å². The van der Waals surface area contributed by atoms with Crippen molar-refractivity contribution in [2.24, 2.45) is 0 Å². The molecule has 2 N–H and O–H groups in total. The fourth-order valence-corrected chi connectivity index (χ4v) is 2.54. The van der Waals surface area contributed by atoms with Gasteiger partial charge in [-0.3, -0.25) is 0 Å². The van der Waals surface area contributed by atoms with Crippen LogP contribution in [0.1, 0.15) is 13.8 Å². The third-order valence-corrected chi connectivity index (χ3v) is 4.13. The number of thioether (sulfide) groups is 2. The highest BCUT2D eigenvalue weighted by Crippen LogP contribution is 2.27. The number of nitrogens with zero attached hydrogens (tertiary/aromatic N) is 2. The molecule has 0 aliphatic heterocycles. The molecule has 1 atom stereocenters. The van der Waals surface area contributed by atoms with Crippen LogP contribution in [0.15, 0.2) is 27.9 Å². The Kier molecular flexibility index (Phi) is 6.17. The molecule has 0 aliphatic rings. The van der Waals surface area contributed by atoms with Crippen molar-refractivity contribution in [1.29, 1.82) is 0 Å².